The molecular formula is C26H43N3O6. The van der Waals surface area contributed by atoms with Gasteiger partial charge in [-0.2, -0.15) is 0 Å². The summed E-state index contributed by atoms with van der Waals surface area (Å²) in [6, 6.07) is 2.06. The average molecular weight is 494 g/mol. The Labute approximate surface area is 209 Å². The largest absolute Gasteiger partial charge is 0.508 e. The first-order chi connectivity index (χ1) is 16.4. The molecule has 3 atom stereocenters. The molecule has 0 bridgehead atoms. The summed E-state index contributed by atoms with van der Waals surface area (Å²) in [4.78, 5) is 40.9. The van der Waals surface area contributed by atoms with E-state index in [1.165, 1.54) is 11.0 Å². The predicted molar refractivity (Wildman–Crippen MR) is 135 cm³/mol. The second kappa shape index (κ2) is 13.9. The molecule has 1 aromatic rings. The number of benzene rings is 1. The van der Waals surface area contributed by atoms with E-state index >= 15 is 0 Å². The Bertz CT molecular complexity index is 852. The van der Waals surface area contributed by atoms with Gasteiger partial charge in [-0.15, -0.1) is 0 Å². The third-order valence-electron chi connectivity index (χ3n) is 5.63. The first-order valence-electron chi connectivity index (χ1n) is 12.4. The number of ether oxygens (including phenoxy) is 1. The molecule has 4 N–H and O–H groups in total. The van der Waals surface area contributed by atoms with E-state index in [-0.39, 0.29) is 11.7 Å². The summed E-state index contributed by atoms with van der Waals surface area (Å²) in [5.74, 6) is -0.891. The van der Waals surface area contributed by atoms with E-state index in [0.717, 1.165) is 19.3 Å². The Kier molecular flexibility index (Phi) is 12.0. The second-order valence-corrected chi connectivity index (χ2v) is 9.83. The van der Waals surface area contributed by atoms with Gasteiger partial charge in [-0.1, -0.05) is 32.8 Å². The van der Waals surface area contributed by atoms with E-state index in [2.05, 4.69) is 17.6 Å². The molecule has 0 aliphatic heterocycles. The van der Waals surface area contributed by atoms with Gasteiger partial charge in [-0.05, 0) is 70.7 Å². The molecule has 0 heterocycles. The number of rotatable bonds is 12. The molecule has 0 aromatic heterocycles. The number of hydrogen-bond donors (Lipinski definition) is 4. The number of hydrogen-bond acceptors (Lipinski definition) is 6. The standard InChI is InChI=1S/C26H43N3O6/c1-8-10-11-14-27-23(32)22(19-12-13-21(31)17(3)15-19)29(18(4)9-2)24(33)20(16-30)28-25(34)35-26(5,6)7/h12-13,15,18,20,22,30-31H,8-11,14,16H2,1-7H3,(H,27,32)(H,28,34). The zero-order valence-electron chi connectivity index (χ0n) is 22.2. The minimum atomic E-state index is -1.30. The molecule has 1 aromatic carbocycles. The fourth-order valence-electron chi connectivity index (χ4n) is 3.58. The van der Waals surface area contributed by atoms with Crippen LogP contribution >= 0.6 is 0 Å². The Balaban J connectivity index is 3.40. The highest BCUT2D eigenvalue weighted by Crippen LogP contribution is 2.29. The molecule has 0 fully saturated rings. The van der Waals surface area contributed by atoms with Crippen molar-refractivity contribution in [3.05, 3.63) is 29.3 Å². The molecule has 0 spiro atoms. The van der Waals surface area contributed by atoms with Crippen molar-refractivity contribution in [2.24, 2.45) is 0 Å². The normalized spacial score (nSPS) is 13.9. The fourth-order valence-corrected chi connectivity index (χ4v) is 3.58. The number of aliphatic hydroxyl groups is 1. The lowest BCUT2D eigenvalue weighted by Gasteiger charge is -2.38. The lowest BCUT2D eigenvalue weighted by atomic mass is 9.98. The van der Waals surface area contributed by atoms with E-state index in [1.54, 1.807) is 39.8 Å². The van der Waals surface area contributed by atoms with Crippen LogP contribution in [0.3, 0.4) is 0 Å². The fraction of sp³-hybridized carbons (Fsp3) is 0.654. The maximum Gasteiger partial charge on any atom is 0.408 e. The highest BCUT2D eigenvalue weighted by molar-refractivity contribution is 5.92. The van der Waals surface area contributed by atoms with Crippen molar-refractivity contribution >= 4 is 17.9 Å². The lowest BCUT2D eigenvalue weighted by Crippen LogP contribution is -2.56. The molecular weight excluding hydrogens is 450 g/mol. The molecule has 0 aliphatic carbocycles. The molecule has 9 nitrogen and oxygen atoms in total. The number of unbranched alkanes of at least 4 members (excludes halogenated alkanes) is 2. The maximum absolute atomic E-state index is 13.7. The van der Waals surface area contributed by atoms with Gasteiger partial charge in [0.1, 0.15) is 23.4 Å². The number of nitrogens with one attached hydrogen (secondary N) is 2. The number of phenols is 1. The van der Waals surface area contributed by atoms with Crippen molar-refractivity contribution in [1.82, 2.24) is 15.5 Å². The van der Waals surface area contributed by atoms with Crippen molar-refractivity contribution in [3.63, 3.8) is 0 Å². The molecule has 0 saturated carbocycles. The van der Waals surface area contributed by atoms with Gasteiger partial charge in [0.05, 0.1) is 6.61 Å². The van der Waals surface area contributed by atoms with Gasteiger partial charge in [0.2, 0.25) is 11.8 Å². The third-order valence-corrected chi connectivity index (χ3v) is 5.63. The van der Waals surface area contributed by atoms with Gasteiger partial charge >= 0.3 is 6.09 Å². The molecule has 0 aliphatic rings. The minimum Gasteiger partial charge on any atom is -0.508 e. The molecule has 3 unspecified atom stereocenters. The third kappa shape index (κ3) is 9.39. The lowest BCUT2D eigenvalue weighted by molar-refractivity contribution is -0.145. The summed E-state index contributed by atoms with van der Waals surface area (Å²) in [5, 5.41) is 25.3. The van der Waals surface area contributed by atoms with Gasteiger partial charge < -0.3 is 30.5 Å². The van der Waals surface area contributed by atoms with Crippen molar-refractivity contribution in [1.29, 1.82) is 0 Å². The smallest absolute Gasteiger partial charge is 0.408 e. The first-order valence-corrected chi connectivity index (χ1v) is 12.4. The molecule has 198 valence electrons. The van der Waals surface area contributed by atoms with Crippen LogP contribution in [-0.2, 0) is 14.3 Å². The zero-order valence-corrected chi connectivity index (χ0v) is 22.2. The monoisotopic (exact) mass is 493 g/mol. The molecule has 0 saturated heterocycles. The highest BCUT2D eigenvalue weighted by Gasteiger charge is 2.38. The summed E-state index contributed by atoms with van der Waals surface area (Å²) in [6.45, 7) is 12.4. The number of carbonyl (C=O) groups is 3. The number of aromatic hydroxyl groups is 1. The Hall–Kier alpha value is -2.81. The van der Waals surface area contributed by atoms with Crippen LogP contribution in [0.4, 0.5) is 4.79 Å². The Morgan fingerprint density at radius 3 is 2.31 bits per heavy atom. The van der Waals surface area contributed by atoms with Crippen molar-refractivity contribution in [2.75, 3.05) is 13.2 Å². The Morgan fingerprint density at radius 1 is 1.14 bits per heavy atom. The summed E-state index contributed by atoms with van der Waals surface area (Å²) in [7, 11) is 0. The topological polar surface area (TPSA) is 128 Å². The minimum absolute atomic E-state index is 0.0806. The highest BCUT2D eigenvalue weighted by atomic mass is 16.6. The molecule has 3 amide bonds. The van der Waals surface area contributed by atoms with E-state index in [9.17, 15) is 24.6 Å². The van der Waals surface area contributed by atoms with Gasteiger partial charge in [0.15, 0.2) is 0 Å². The zero-order chi connectivity index (χ0) is 26.8. The number of amides is 3. The van der Waals surface area contributed by atoms with Crippen LogP contribution in [-0.4, -0.2) is 63.9 Å². The molecule has 1 rings (SSSR count). The van der Waals surface area contributed by atoms with Gasteiger partial charge in [-0.3, -0.25) is 9.59 Å². The number of carbonyl (C=O) groups excluding carboxylic acids is 3. The van der Waals surface area contributed by atoms with Crippen molar-refractivity contribution in [2.45, 2.75) is 97.9 Å². The summed E-state index contributed by atoms with van der Waals surface area (Å²) >= 11 is 0. The number of aliphatic hydroxyl groups excluding tert-OH is 1. The van der Waals surface area contributed by atoms with Crippen LogP contribution in [0.2, 0.25) is 0 Å². The van der Waals surface area contributed by atoms with E-state index < -0.39 is 42.3 Å². The molecule has 35 heavy (non-hydrogen) atoms. The average Bonchev–Trinajstić information content (AvgIpc) is 2.78. The summed E-state index contributed by atoms with van der Waals surface area (Å²) in [5.41, 5.74) is 0.304. The summed E-state index contributed by atoms with van der Waals surface area (Å²) in [6.07, 6.45) is 2.47. The Morgan fingerprint density at radius 2 is 1.80 bits per heavy atom. The van der Waals surface area contributed by atoms with Gasteiger partial charge in [0.25, 0.3) is 0 Å². The quantitative estimate of drug-likeness (QED) is 0.330. The number of alkyl carbamates (subject to hydrolysis) is 1. The number of nitrogens with zero attached hydrogens (tertiary/aromatic N) is 1. The van der Waals surface area contributed by atoms with Crippen molar-refractivity contribution < 1.29 is 29.3 Å². The molecule has 0 radical (unpaired) electrons. The van der Waals surface area contributed by atoms with Crippen LogP contribution in [0.5, 0.6) is 5.75 Å². The number of phenolic OH excluding ortho intramolecular Hbond substituents is 1. The molecule has 9 heteroatoms. The SMILES string of the molecule is CCCCCNC(=O)C(c1ccc(O)c(C)c1)N(C(=O)C(CO)NC(=O)OC(C)(C)C)C(C)CC. The maximum atomic E-state index is 13.7. The van der Waals surface area contributed by atoms with Crippen molar-refractivity contribution in [3.8, 4) is 5.75 Å². The van der Waals surface area contributed by atoms with Crippen LogP contribution < -0.4 is 10.6 Å². The van der Waals surface area contributed by atoms with E-state index in [4.69, 9.17) is 4.74 Å². The summed E-state index contributed by atoms with van der Waals surface area (Å²) < 4.78 is 5.25. The predicted octanol–water partition coefficient (Wildman–Crippen LogP) is 3.56. The first kappa shape index (κ1) is 30.2. The van der Waals surface area contributed by atoms with Crippen LogP contribution in [0, 0.1) is 6.92 Å². The van der Waals surface area contributed by atoms with E-state index in [0.29, 0.717) is 24.1 Å². The van der Waals surface area contributed by atoms with Crippen LogP contribution in [0.15, 0.2) is 18.2 Å². The van der Waals surface area contributed by atoms with Gasteiger partial charge in [-0.25, -0.2) is 4.79 Å². The van der Waals surface area contributed by atoms with Crippen LogP contribution in [0.25, 0.3) is 0 Å². The second-order valence-electron chi connectivity index (χ2n) is 9.83. The van der Waals surface area contributed by atoms with E-state index in [1.807, 2.05) is 13.8 Å². The number of aryl methyl sites for hydroxylation is 1. The van der Waals surface area contributed by atoms with Gasteiger partial charge in [0, 0.05) is 12.6 Å². The van der Waals surface area contributed by atoms with Crippen LogP contribution in [0.1, 0.15) is 84.4 Å².